The number of hydrazone groups is 1. The highest BCUT2D eigenvalue weighted by Crippen LogP contribution is 2.31. The van der Waals surface area contributed by atoms with Gasteiger partial charge in [0.15, 0.2) is 0 Å². The Kier molecular flexibility index (Phi) is 7.95. The number of aromatic nitrogens is 1. The molecule has 5 rings (SSSR count). The molecule has 1 aliphatic heterocycles. The number of benzene rings is 3. The second-order valence-corrected chi connectivity index (χ2v) is 12.3. The molecule has 40 heavy (non-hydrogen) atoms. The smallest absolute Gasteiger partial charge is 0.280 e. The van der Waals surface area contributed by atoms with E-state index in [1.165, 1.54) is 53.0 Å². The van der Waals surface area contributed by atoms with Gasteiger partial charge in [-0.15, -0.1) is 0 Å². The highest BCUT2D eigenvalue weighted by molar-refractivity contribution is 7.89. The van der Waals surface area contributed by atoms with E-state index in [9.17, 15) is 17.6 Å². The standard InChI is InChI=1S/C28H27FN4O5S2/c1-18-16-32(17-19(2)38-18)40(35,36)24-11-6-21(7-12-24)27(34)33(30-15-20-4-9-23(37-3)10-5-20)28-31-25-13-8-22(29)14-26(25)39-28/h4-15,18-19H,16-17H2,1-3H3/b30-15+. The Morgan fingerprint density at radius 1 is 1.10 bits per heavy atom. The van der Waals surface area contributed by atoms with Crippen molar-refractivity contribution < 1.29 is 27.1 Å². The average molecular weight is 583 g/mol. The van der Waals surface area contributed by atoms with Gasteiger partial charge in [-0.1, -0.05) is 11.3 Å². The number of methoxy groups -OCH3 is 1. The number of anilines is 1. The fourth-order valence-electron chi connectivity index (χ4n) is 4.35. The van der Waals surface area contributed by atoms with Gasteiger partial charge < -0.3 is 9.47 Å². The first kappa shape index (κ1) is 27.8. The van der Waals surface area contributed by atoms with Crippen molar-refractivity contribution in [2.75, 3.05) is 25.2 Å². The molecule has 0 aliphatic carbocycles. The van der Waals surface area contributed by atoms with Crippen molar-refractivity contribution in [2.24, 2.45) is 5.10 Å². The lowest BCUT2D eigenvalue weighted by molar-refractivity contribution is -0.0440. The minimum absolute atomic E-state index is 0.0779. The Labute approximate surface area is 235 Å². The SMILES string of the molecule is COc1ccc(/C=N/N(C(=O)c2ccc(S(=O)(=O)N3CC(C)OC(C)C3)cc2)c2nc3ccc(F)cc3s2)cc1. The van der Waals surface area contributed by atoms with Crippen LogP contribution in [0.1, 0.15) is 29.8 Å². The largest absolute Gasteiger partial charge is 0.497 e. The summed E-state index contributed by atoms with van der Waals surface area (Å²) in [5.41, 5.74) is 1.44. The summed E-state index contributed by atoms with van der Waals surface area (Å²) in [7, 11) is -2.21. The number of carbonyl (C=O) groups is 1. The molecule has 1 aliphatic rings. The van der Waals surface area contributed by atoms with Gasteiger partial charge in [0, 0.05) is 18.7 Å². The summed E-state index contributed by atoms with van der Waals surface area (Å²) in [6.07, 6.45) is 1.06. The zero-order valence-corrected chi connectivity index (χ0v) is 23.7. The lowest BCUT2D eigenvalue weighted by Crippen LogP contribution is -2.48. The highest BCUT2D eigenvalue weighted by Gasteiger charge is 2.32. The van der Waals surface area contributed by atoms with E-state index in [4.69, 9.17) is 9.47 Å². The molecule has 0 saturated carbocycles. The van der Waals surface area contributed by atoms with Crippen molar-refractivity contribution in [1.82, 2.24) is 9.29 Å². The molecule has 0 N–H and O–H groups in total. The van der Waals surface area contributed by atoms with Gasteiger partial charge in [0.05, 0.1) is 40.6 Å². The molecular weight excluding hydrogens is 555 g/mol. The van der Waals surface area contributed by atoms with E-state index in [2.05, 4.69) is 10.1 Å². The number of sulfonamides is 1. The maximum absolute atomic E-state index is 13.8. The fraction of sp³-hybridized carbons (Fsp3) is 0.250. The maximum Gasteiger partial charge on any atom is 0.280 e. The number of thiazole rings is 1. The number of hydrogen-bond donors (Lipinski definition) is 0. The van der Waals surface area contributed by atoms with Crippen LogP contribution in [0, 0.1) is 5.82 Å². The summed E-state index contributed by atoms with van der Waals surface area (Å²) in [5, 5.41) is 5.77. The molecule has 2 heterocycles. The normalized spacial score (nSPS) is 18.3. The third-order valence-electron chi connectivity index (χ3n) is 6.28. The summed E-state index contributed by atoms with van der Waals surface area (Å²) in [6.45, 7) is 4.16. The molecule has 2 unspecified atom stereocenters. The van der Waals surface area contributed by atoms with Crippen LogP contribution < -0.4 is 9.75 Å². The summed E-state index contributed by atoms with van der Waals surface area (Å²) < 4.78 is 53.1. The van der Waals surface area contributed by atoms with Crippen molar-refractivity contribution in [3.8, 4) is 5.75 Å². The minimum Gasteiger partial charge on any atom is -0.497 e. The third-order valence-corrected chi connectivity index (χ3v) is 9.12. The molecule has 3 aromatic carbocycles. The Bertz CT molecular complexity index is 1650. The zero-order valence-electron chi connectivity index (χ0n) is 22.0. The Morgan fingerprint density at radius 3 is 2.42 bits per heavy atom. The molecule has 12 heteroatoms. The Hall–Kier alpha value is -3.71. The first-order chi connectivity index (χ1) is 19.1. The molecular formula is C28H27FN4O5S2. The van der Waals surface area contributed by atoms with E-state index in [0.29, 0.717) is 21.5 Å². The molecule has 1 aromatic heterocycles. The van der Waals surface area contributed by atoms with Gasteiger partial charge in [-0.25, -0.2) is 17.8 Å². The van der Waals surface area contributed by atoms with Gasteiger partial charge in [0.1, 0.15) is 11.6 Å². The molecule has 4 aromatic rings. The number of rotatable bonds is 7. The average Bonchev–Trinajstić information content (AvgIpc) is 3.35. The summed E-state index contributed by atoms with van der Waals surface area (Å²) in [6, 6.07) is 17.0. The Morgan fingerprint density at radius 2 is 1.77 bits per heavy atom. The lowest BCUT2D eigenvalue weighted by Gasteiger charge is -2.34. The van der Waals surface area contributed by atoms with Crippen molar-refractivity contribution in [2.45, 2.75) is 31.0 Å². The first-order valence-corrected chi connectivity index (χ1v) is 14.7. The number of carbonyl (C=O) groups excluding carboxylic acids is 1. The maximum atomic E-state index is 13.8. The molecule has 208 valence electrons. The molecule has 0 spiro atoms. The molecule has 0 radical (unpaired) electrons. The van der Waals surface area contributed by atoms with Crippen molar-refractivity contribution >= 4 is 48.8 Å². The first-order valence-electron chi connectivity index (χ1n) is 12.5. The van der Waals surface area contributed by atoms with Crippen LogP contribution in [0.4, 0.5) is 9.52 Å². The summed E-state index contributed by atoms with van der Waals surface area (Å²) >= 11 is 1.12. The van der Waals surface area contributed by atoms with Crippen molar-refractivity contribution in [3.63, 3.8) is 0 Å². The van der Waals surface area contributed by atoms with Crippen LogP contribution in [0.25, 0.3) is 10.2 Å². The van der Waals surface area contributed by atoms with E-state index in [1.54, 1.807) is 31.4 Å². The number of halogens is 1. The van der Waals surface area contributed by atoms with Crippen LogP contribution in [-0.2, 0) is 14.8 Å². The molecule has 2 atom stereocenters. The van der Waals surface area contributed by atoms with Gasteiger partial charge in [-0.3, -0.25) is 4.79 Å². The van der Waals surface area contributed by atoms with E-state index >= 15 is 0 Å². The van der Waals surface area contributed by atoms with Crippen LogP contribution in [-0.4, -0.2) is 62.2 Å². The Balaban J connectivity index is 1.46. The number of hydrogen-bond acceptors (Lipinski definition) is 8. The molecule has 0 bridgehead atoms. The zero-order chi connectivity index (χ0) is 28.4. The molecule has 9 nitrogen and oxygen atoms in total. The monoisotopic (exact) mass is 582 g/mol. The topological polar surface area (TPSA) is 101 Å². The van der Waals surface area contributed by atoms with Gasteiger partial charge in [0.2, 0.25) is 15.2 Å². The summed E-state index contributed by atoms with van der Waals surface area (Å²) in [4.78, 5) is 18.2. The molecule has 1 saturated heterocycles. The molecule has 1 amide bonds. The number of amides is 1. The molecule has 1 fully saturated rings. The predicted octanol–water partition coefficient (Wildman–Crippen LogP) is 4.92. The van der Waals surface area contributed by atoms with Crippen LogP contribution in [0.5, 0.6) is 5.75 Å². The second-order valence-electron chi connectivity index (χ2n) is 9.35. The van der Waals surface area contributed by atoms with Gasteiger partial charge in [0.25, 0.3) is 5.91 Å². The fourth-order valence-corrected chi connectivity index (χ4v) is 6.89. The third kappa shape index (κ3) is 5.89. The number of nitrogens with zero attached hydrogens (tertiary/aromatic N) is 4. The van der Waals surface area contributed by atoms with Crippen molar-refractivity contribution in [3.05, 3.63) is 83.7 Å². The highest BCUT2D eigenvalue weighted by atomic mass is 32.2. The lowest BCUT2D eigenvalue weighted by atomic mass is 10.2. The predicted molar refractivity (Wildman–Crippen MR) is 152 cm³/mol. The number of ether oxygens (including phenoxy) is 2. The van der Waals surface area contributed by atoms with Crippen LogP contribution in [0.2, 0.25) is 0 Å². The van der Waals surface area contributed by atoms with E-state index in [0.717, 1.165) is 16.3 Å². The van der Waals surface area contributed by atoms with Gasteiger partial charge in [-0.2, -0.15) is 14.4 Å². The minimum atomic E-state index is -3.77. The summed E-state index contributed by atoms with van der Waals surface area (Å²) in [5.74, 6) is -0.265. The van der Waals surface area contributed by atoms with E-state index < -0.39 is 21.7 Å². The number of fused-ring (bicyclic) bond motifs is 1. The number of morpholine rings is 1. The van der Waals surface area contributed by atoms with Crippen LogP contribution >= 0.6 is 11.3 Å². The quantitative estimate of drug-likeness (QED) is 0.226. The van der Waals surface area contributed by atoms with E-state index in [1.807, 2.05) is 13.8 Å². The van der Waals surface area contributed by atoms with Crippen LogP contribution in [0.15, 0.2) is 76.7 Å². The van der Waals surface area contributed by atoms with E-state index in [-0.39, 0.29) is 40.9 Å². The van der Waals surface area contributed by atoms with Gasteiger partial charge in [-0.05, 0) is 86.1 Å². The van der Waals surface area contributed by atoms with Crippen LogP contribution in [0.3, 0.4) is 0 Å². The van der Waals surface area contributed by atoms with Crippen molar-refractivity contribution in [1.29, 1.82) is 0 Å². The van der Waals surface area contributed by atoms with Gasteiger partial charge >= 0.3 is 0 Å². The second kappa shape index (κ2) is 11.4.